The standard InChI is InChI=1S/C27H28N6/c1-5-14-28-23(9-1)19-32-18-13-27(22-32,26-12-4-8-17-31-26)33(20-24-10-2-6-15-29-24)21-25-11-3-7-16-30-25/h1-12,14-17H,13,18-22H2/t27-/m1/s1. The zero-order chi connectivity index (χ0) is 22.3. The molecule has 1 saturated heterocycles. The first kappa shape index (κ1) is 21.4. The van der Waals surface area contributed by atoms with E-state index in [-0.39, 0.29) is 5.54 Å². The molecule has 1 atom stereocenters. The molecule has 1 aliphatic heterocycles. The Morgan fingerprint density at radius 1 is 0.667 bits per heavy atom. The first-order valence-electron chi connectivity index (χ1n) is 11.4. The van der Waals surface area contributed by atoms with Crippen LogP contribution in [-0.4, -0.2) is 42.8 Å². The summed E-state index contributed by atoms with van der Waals surface area (Å²) in [5, 5.41) is 0. The minimum atomic E-state index is -0.245. The first-order chi connectivity index (χ1) is 16.3. The van der Waals surface area contributed by atoms with Gasteiger partial charge < -0.3 is 0 Å². The highest BCUT2D eigenvalue weighted by molar-refractivity contribution is 5.22. The molecule has 166 valence electrons. The van der Waals surface area contributed by atoms with Crippen LogP contribution in [0.3, 0.4) is 0 Å². The molecule has 4 aromatic heterocycles. The largest absolute Gasteiger partial charge is 0.295 e. The highest BCUT2D eigenvalue weighted by atomic mass is 15.3. The lowest BCUT2D eigenvalue weighted by Gasteiger charge is -2.41. The Labute approximate surface area is 195 Å². The molecule has 1 aliphatic rings. The third-order valence-corrected chi connectivity index (χ3v) is 6.34. The summed E-state index contributed by atoms with van der Waals surface area (Å²) in [7, 11) is 0. The normalized spacial score (nSPS) is 18.6. The van der Waals surface area contributed by atoms with Gasteiger partial charge in [-0.1, -0.05) is 24.3 Å². The van der Waals surface area contributed by atoms with Gasteiger partial charge in [0.05, 0.1) is 28.3 Å². The summed E-state index contributed by atoms with van der Waals surface area (Å²) in [5.74, 6) is 0. The van der Waals surface area contributed by atoms with Crippen LogP contribution in [0.15, 0.2) is 97.6 Å². The van der Waals surface area contributed by atoms with E-state index in [9.17, 15) is 0 Å². The van der Waals surface area contributed by atoms with Crippen molar-refractivity contribution in [2.75, 3.05) is 13.1 Å². The molecule has 0 bridgehead atoms. The number of nitrogens with zero attached hydrogens (tertiary/aromatic N) is 6. The molecule has 0 spiro atoms. The van der Waals surface area contributed by atoms with Gasteiger partial charge in [0.25, 0.3) is 0 Å². The second kappa shape index (κ2) is 9.98. The van der Waals surface area contributed by atoms with Gasteiger partial charge in [0.1, 0.15) is 0 Å². The van der Waals surface area contributed by atoms with Gasteiger partial charge in [0, 0.05) is 57.5 Å². The minimum Gasteiger partial charge on any atom is -0.295 e. The Morgan fingerprint density at radius 3 is 1.73 bits per heavy atom. The van der Waals surface area contributed by atoms with E-state index in [2.05, 4.69) is 73.3 Å². The lowest BCUT2D eigenvalue weighted by molar-refractivity contribution is 0.0654. The molecule has 0 unspecified atom stereocenters. The zero-order valence-corrected chi connectivity index (χ0v) is 18.7. The predicted octanol–water partition coefficient (Wildman–Crippen LogP) is 4.07. The summed E-state index contributed by atoms with van der Waals surface area (Å²) < 4.78 is 0. The Balaban J connectivity index is 1.51. The van der Waals surface area contributed by atoms with E-state index in [0.29, 0.717) is 0 Å². The van der Waals surface area contributed by atoms with Gasteiger partial charge in [0.2, 0.25) is 0 Å². The highest BCUT2D eigenvalue weighted by Gasteiger charge is 2.45. The van der Waals surface area contributed by atoms with Crippen molar-refractivity contribution in [1.82, 2.24) is 29.7 Å². The topological polar surface area (TPSA) is 58.0 Å². The maximum absolute atomic E-state index is 4.85. The van der Waals surface area contributed by atoms with E-state index in [1.54, 1.807) is 0 Å². The van der Waals surface area contributed by atoms with Gasteiger partial charge in [-0.3, -0.25) is 29.7 Å². The number of hydrogen-bond donors (Lipinski definition) is 0. The lowest BCUT2D eigenvalue weighted by Crippen LogP contribution is -2.48. The molecule has 0 N–H and O–H groups in total. The second-order valence-electron chi connectivity index (χ2n) is 8.53. The van der Waals surface area contributed by atoms with Crippen molar-refractivity contribution in [2.24, 2.45) is 0 Å². The van der Waals surface area contributed by atoms with Crippen molar-refractivity contribution in [3.8, 4) is 0 Å². The SMILES string of the molecule is c1ccc(CN2CC[C@@](c3ccccn3)(N(Cc3ccccn3)Cc3ccccn3)C2)nc1. The van der Waals surface area contributed by atoms with Gasteiger partial charge in [-0.25, -0.2) is 0 Å². The number of likely N-dealkylation sites (tertiary alicyclic amines) is 1. The fraction of sp³-hybridized carbons (Fsp3) is 0.259. The molecule has 0 aromatic carbocycles. The number of rotatable bonds is 8. The van der Waals surface area contributed by atoms with E-state index in [1.807, 2.05) is 49.1 Å². The van der Waals surface area contributed by atoms with Gasteiger partial charge in [-0.15, -0.1) is 0 Å². The summed E-state index contributed by atoms with van der Waals surface area (Å²) >= 11 is 0. The summed E-state index contributed by atoms with van der Waals surface area (Å²) in [5.41, 5.74) is 4.04. The van der Waals surface area contributed by atoms with E-state index in [4.69, 9.17) is 4.98 Å². The van der Waals surface area contributed by atoms with Crippen LogP contribution in [-0.2, 0) is 25.2 Å². The van der Waals surface area contributed by atoms with Crippen LogP contribution < -0.4 is 0 Å². The highest BCUT2D eigenvalue weighted by Crippen LogP contribution is 2.39. The predicted molar refractivity (Wildman–Crippen MR) is 128 cm³/mol. The van der Waals surface area contributed by atoms with Crippen molar-refractivity contribution in [3.63, 3.8) is 0 Å². The van der Waals surface area contributed by atoms with E-state index < -0.39 is 0 Å². The van der Waals surface area contributed by atoms with E-state index in [1.165, 1.54) is 0 Å². The van der Waals surface area contributed by atoms with Crippen LogP contribution in [0.1, 0.15) is 29.2 Å². The van der Waals surface area contributed by atoms with Crippen molar-refractivity contribution in [1.29, 1.82) is 0 Å². The van der Waals surface area contributed by atoms with Crippen molar-refractivity contribution in [3.05, 3.63) is 120 Å². The zero-order valence-electron chi connectivity index (χ0n) is 18.7. The molecule has 0 saturated carbocycles. The molecule has 33 heavy (non-hydrogen) atoms. The van der Waals surface area contributed by atoms with Gasteiger partial charge in [-0.2, -0.15) is 0 Å². The molecule has 4 aromatic rings. The maximum Gasteiger partial charge on any atom is 0.0781 e. The average molecular weight is 437 g/mol. The fourth-order valence-electron chi connectivity index (χ4n) is 4.73. The number of hydrogen-bond acceptors (Lipinski definition) is 6. The quantitative estimate of drug-likeness (QED) is 0.415. The van der Waals surface area contributed by atoms with Crippen LogP contribution in [0, 0.1) is 0 Å². The molecule has 0 aliphatic carbocycles. The van der Waals surface area contributed by atoms with Crippen molar-refractivity contribution in [2.45, 2.75) is 31.6 Å². The lowest BCUT2D eigenvalue weighted by atomic mass is 9.90. The van der Waals surface area contributed by atoms with E-state index in [0.717, 1.165) is 61.9 Å². The van der Waals surface area contributed by atoms with Gasteiger partial charge in [0.15, 0.2) is 0 Å². The summed E-state index contributed by atoms with van der Waals surface area (Å²) in [6, 6.07) is 24.6. The summed E-state index contributed by atoms with van der Waals surface area (Å²) in [6.45, 7) is 4.14. The van der Waals surface area contributed by atoms with Gasteiger partial charge in [-0.05, 0) is 55.0 Å². The fourth-order valence-corrected chi connectivity index (χ4v) is 4.73. The summed E-state index contributed by atoms with van der Waals surface area (Å²) in [4.78, 5) is 23.7. The monoisotopic (exact) mass is 436 g/mol. The Hall–Kier alpha value is -3.48. The molecule has 5 heterocycles. The molecular formula is C27H28N6. The number of pyridine rings is 4. The van der Waals surface area contributed by atoms with Crippen LogP contribution in [0.25, 0.3) is 0 Å². The van der Waals surface area contributed by atoms with E-state index >= 15 is 0 Å². The molecule has 0 amide bonds. The average Bonchev–Trinajstić information content (AvgIpc) is 3.31. The third-order valence-electron chi connectivity index (χ3n) is 6.34. The maximum atomic E-state index is 4.85. The van der Waals surface area contributed by atoms with Crippen LogP contribution >= 0.6 is 0 Å². The Bertz CT molecular complexity index is 1080. The Kier molecular flexibility index (Phi) is 6.46. The molecule has 6 nitrogen and oxygen atoms in total. The minimum absolute atomic E-state index is 0.245. The molecule has 0 radical (unpaired) electrons. The molecule has 5 rings (SSSR count). The van der Waals surface area contributed by atoms with Gasteiger partial charge >= 0.3 is 0 Å². The first-order valence-corrected chi connectivity index (χ1v) is 11.4. The molecular weight excluding hydrogens is 408 g/mol. The second-order valence-corrected chi connectivity index (χ2v) is 8.53. The van der Waals surface area contributed by atoms with Crippen molar-refractivity contribution < 1.29 is 0 Å². The van der Waals surface area contributed by atoms with Crippen LogP contribution in [0.4, 0.5) is 0 Å². The third kappa shape index (κ3) is 4.97. The Morgan fingerprint density at radius 2 is 1.21 bits per heavy atom. The summed E-state index contributed by atoms with van der Waals surface area (Å²) in [6.07, 6.45) is 8.48. The smallest absolute Gasteiger partial charge is 0.0781 e. The van der Waals surface area contributed by atoms with Crippen molar-refractivity contribution >= 4 is 0 Å². The van der Waals surface area contributed by atoms with Crippen LogP contribution in [0.2, 0.25) is 0 Å². The number of aromatic nitrogens is 4. The molecule has 1 fully saturated rings. The van der Waals surface area contributed by atoms with Crippen LogP contribution in [0.5, 0.6) is 0 Å². The molecule has 6 heteroatoms.